The van der Waals surface area contributed by atoms with E-state index in [2.05, 4.69) is 10.2 Å². The molecule has 0 aromatic heterocycles. The largest absolute Gasteiger partial charge is 0.371 e. The number of unbranched alkanes of at least 4 members (excludes halogenated alkanes) is 1. The van der Waals surface area contributed by atoms with Crippen LogP contribution >= 0.6 is 23.5 Å². The lowest BCUT2D eigenvalue weighted by atomic mass is 10.3. The number of primary sulfonamides is 1. The van der Waals surface area contributed by atoms with Gasteiger partial charge in [-0.2, -0.15) is 0 Å². The van der Waals surface area contributed by atoms with Crippen LogP contribution in [0.3, 0.4) is 0 Å². The zero-order valence-corrected chi connectivity index (χ0v) is 14.3. The molecule has 0 fully saturated rings. The standard InChI is InChI=1S/C11H15ClN4O5S2/c12-8-5-9-10(6-11(8)23(13,19)20)22-15(7-14-9)3-1-2-4-21-16(17)18/h5-6,14H,1-4,7H2,(H2,13,19,20). The molecule has 1 aromatic rings. The van der Waals surface area contributed by atoms with Gasteiger partial charge in [0.1, 0.15) is 4.90 Å². The van der Waals surface area contributed by atoms with Crippen molar-refractivity contribution in [3.63, 3.8) is 0 Å². The summed E-state index contributed by atoms with van der Waals surface area (Å²) < 4.78 is 25.0. The predicted octanol–water partition coefficient (Wildman–Crippen LogP) is 1.67. The van der Waals surface area contributed by atoms with Gasteiger partial charge >= 0.3 is 0 Å². The van der Waals surface area contributed by atoms with Gasteiger partial charge in [-0.15, -0.1) is 10.1 Å². The molecular weight excluding hydrogens is 368 g/mol. The molecule has 0 bridgehead atoms. The average Bonchev–Trinajstić information content (AvgIpc) is 2.45. The second kappa shape index (κ2) is 7.53. The third-order valence-corrected chi connectivity index (χ3v) is 5.49. The fourth-order valence-electron chi connectivity index (χ4n) is 1.97. The molecule has 0 atom stereocenters. The van der Waals surface area contributed by atoms with Gasteiger partial charge < -0.3 is 10.2 Å². The Bertz CT molecular complexity index is 700. The smallest absolute Gasteiger partial charge is 0.294 e. The van der Waals surface area contributed by atoms with Crippen molar-refractivity contribution in [2.45, 2.75) is 22.6 Å². The Morgan fingerprint density at radius 2 is 2.22 bits per heavy atom. The van der Waals surface area contributed by atoms with Gasteiger partial charge in [-0.25, -0.2) is 17.9 Å². The van der Waals surface area contributed by atoms with Crippen molar-refractivity contribution in [3.05, 3.63) is 27.3 Å². The third kappa shape index (κ3) is 5.11. The van der Waals surface area contributed by atoms with Gasteiger partial charge in [0, 0.05) is 11.4 Å². The number of anilines is 1. The second-order valence-electron chi connectivity index (χ2n) is 4.72. The van der Waals surface area contributed by atoms with E-state index in [1.165, 1.54) is 24.1 Å². The fourth-order valence-corrected chi connectivity index (χ4v) is 4.17. The summed E-state index contributed by atoms with van der Waals surface area (Å²) in [6, 6.07) is 2.97. The topological polar surface area (TPSA) is 128 Å². The SMILES string of the molecule is NS(=O)(=O)c1cc2c(cc1Cl)NCN(CCCCO[N+](=O)[O-])S2. The minimum absolute atomic E-state index is 0.0562. The summed E-state index contributed by atoms with van der Waals surface area (Å²) in [7, 11) is -3.89. The quantitative estimate of drug-likeness (QED) is 0.315. The van der Waals surface area contributed by atoms with E-state index in [1.54, 1.807) is 0 Å². The molecule has 1 aromatic carbocycles. The molecule has 1 aliphatic rings. The number of nitrogens with one attached hydrogen (secondary N) is 1. The van der Waals surface area contributed by atoms with Crippen LogP contribution < -0.4 is 10.5 Å². The molecule has 128 valence electrons. The molecular formula is C11H15ClN4O5S2. The summed E-state index contributed by atoms with van der Waals surface area (Å²) in [4.78, 5) is 14.9. The van der Waals surface area contributed by atoms with Gasteiger partial charge in [0.15, 0.2) is 0 Å². The highest BCUT2D eigenvalue weighted by Gasteiger charge is 2.22. The maximum absolute atomic E-state index is 11.5. The van der Waals surface area contributed by atoms with Crippen molar-refractivity contribution in [3.8, 4) is 0 Å². The number of hydrogen-bond acceptors (Lipinski definition) is 8. The first kappa shape index (κ1) is 18.1. The number of hydrogen-bond donors (Lipinski definition) is 2. The number of fused-ring (bicyclic) bond motifs is 1. The summed E-state index contributed by atoms with van der Waals surface area (Å²) in [5.74, 6) is 0. The van der Waals surface area contributed by atoms with Crippen molar-refractivity contribution in [1.82, 2.24) is 4.31 Å². The molecule has 0 saturated heterocycles. The van der Waals surface area contributed by atoms with E-state index in [0.29, 0.717) is 31.0 Å². The van der Waals surface area contributed by atoms with Crippen molar-refractivity contribution >= 4 is 39.3 Å². The Kier molecular flexibility index (Phi) is 5.92. The number of nitrogens with two attached hydrogens (primary N) is 1. The molecule has 9 nitrogen and oxygen atoms in total. The molecule has 0 radical (unpaired) electrons. The first-order chi connectivity index (χ1) is 10.8. The first-order valence-electron chi connectivity index (χ1n) is 6.58. The van der Waals surface area contributed by atoms with E-state index in [0.717, 1.165) is 5.69 Å². The summed E-state index contributed by atoms with van der Waals surface area (Å²) in [6.45, 7) is 1.25. The highest BCUT2D eigenvalue weighted by molar-refractivity contribution is 7.97. The molecule has 1 heterocycles. The minimum atomic E-state index is -3.89. The molecule has 0 spiro atoms. The molecule has 2 rings (SSSR count). The van der Waals surface area contributed by atoms with E-state index in [4.69, 9.17) is 16.7 Å². The predicted molar refractivity (Wildman–Crippen MR) is 86.1 cm³/mol. The Labute approximate surface area is 142 Å². The number of rotatable bonds is 7. The fraction of sp³-hybridized carbons (Fsp3) is 0.455. The van der Waals surface area contributed by atoms with Crippen molar-refractivity contribution in [2.24, 2.45) is 5.14 Å². The summed E-state index contributed by atoms with van der Waals surface area (Å²) in [5.41, 5.74) is 0.736. The Morgan fingerprint density at radius 1 is 1.48 bits per heavy atom. The van der Waals surface area contributed by atoms with Crippen LogP contribution in [0.2, 0.25) is 5.02 Å². The number of benzene rings is 1. The molecule has 3 N–H and O–H groups in total. The van der Waals surface area contributed by atoms with E-state index in [-0.39, 0.29) is 16.5 Å². The summed E-state index contributed by atoms with van der Waals surface area (Å²) in [5, 5.41) is 17.6. The van der Waals surface area contributed by atoms with Crippen molar-refractivity contribution in [1.29, 1.82) is 0 Å². The Balaban J connectivity index is 1.96. The minimum Gasteiger partial charge on any atom is -0.371 e. The van der Waals surface area contributed by atoms with Gasteiger partial charge in [0.25, 0.3) is 5.09 Å². The van der Waals surface area contributed by atoms with Gasteiger partial charge in [-0.1, -0.05) is 11.6 Å². The van der Waals surface area contributed by atoms with Crippen LogP contribution in [0.4, 0.5) is 5.69 Å². The summed E-state index contributed by atoms with van der Waals surface area (Å²) >= 11 is 7.31. The average molecular weight is 383 g/mol. The normalized spacial score (nSPS) is 14.9. The maximum Gasteiger partial charge on any atom is 0.294 e. The van der Waals surface area contributed by atoms with E-state index in [1.807, 2.05) is 4.31 Å². The lowest BCUT2D eigenvalue weighted by Crippen LogP contribution is -2.28. The zero-order valence-electron chi connectivity index (χ0n) is 11.9. The molecule has 0 unspecified atom stereocenters. The summed E-state index contributed by atoms with van der Waals surface area (Å²) in [6.07, 6.45) is 1.25. The molecule has 23 heavy (non-hydrogen) atoms. The third-order valence-electron chi connectivity index (χ3n) is 3.01. The maximum atomic E-state index is 11.5. The van der Waals surface area contributed by atoms with Crippen LogP contribution in [0.1, 0.15) is 12.8 Å². The van der Waals surface area contributed by atoms with Crippen LogP contribution in [0, 0.1) is 10.1 Å². The molecule has 1 aliphatic heterocycles. The monoisotopic (exact) mass is 382 g/mol. The Hall–Kier alpha value is -1.27. The lowest BCUT2D eigenvalue weighted by Gasteiger charge is -2.29. The highest BCUT2D eigenvalue weighted by Crippen LogP contribution is 2.38. The van der Waals surface area contributed by atoms with E-state index < -0.39 is 15.1 Å². The van der Waals surface area contributed by atoms with Gasteiger partial charge in [-0.3, -0.25) is 0 Å². The van der Waals surface area contributed by atoms with Crippen LogP contribution in [0.25, 0.3) is 0 Å². The second-order valence-corrected chi connectivity index (χ2v) is 7.80. The van der Waals surface area contributed by atoms with Crippen molar-refractivity contribution in [2.75, 3.05) is 25.1 Å². The van der Waals surface area contributed by atoms with Gasteiger partial charge in [0.2, 0.25) is 10.0 Å². The lowest BCUT2D eigenvalue weighted by molar-refractivity contribution is -0.757. The van der Waals surface area contributed by atoms with Gasteiger partial charge in [-0.05, 0) is 36.9 Å². The number of halogens is 1. The number of sulfonamides is 1. The first-order valence-corrected chi connectivity index (χ1v) is 9.27. The van der Waals surface area contributed by atoms with Crippen LogP contribution in [-0.2, 0) is 14.9 Å². The number of nitrogens with zero attached hydrogens (tertiary/aromatic N) is 2. The van der Waals surface area contributed by atoms with Crippen LogP contribution in [-0.4, -0.2) is 37.6 Å². The molecule has 0 aliphatic carbocycles. The van der Waals surface area contributed by atoms with Gasteiger partial charge in [0.05, 0.1) is 24.0 Å². The Morgan fingerprint density at radius 3 is 2.87 bits per heavy atom. The highest BCUT2D eigenvalue weighted by atomic mass is 35.5. The van der Waals surface area contributed by atoms with Crippen LogP contribution in [0.15, 0.2) is 21.9 Å². The van der Waals surface area contributed by atoms with E-state index >= 15 is 0 Å². The molecule has 12 heteroatoms. The van der Waals surface area contributed by atoms with Crippen molar-refractivity contribution < 1.29 is 18.3 Å². The molecule has 0 amide bonds. The van der Waals surface area contributed by atoms with Crippen LogP contribution in [0.5, 0.6) is 0 Å². The molecule has 0 saturated carbocycles. The van der Waals surface area contributed by atoms with E-state index in [9.17, 15) is 18.5 Å². The zero-order chi connectivity index (χ0) is 17.0.